The third kappa shape index (κ3) is 3.80. The molecule has 0 atom stereocenters. The van der Waals surface area contributed by atoms with Crippen LogP contribution in [0.4, 0.5) is 0 Å². The molecule has 88 valence electrons. The predicted molar refractivity (Wildman–Crippen MR) is 61.8 cm³/mol. The van der Waals surface area contributed by atoms with Crippen molar-refractivity contribution in [1.82, 2.24) is 15.1 Å². The molecular weight excluding hydrogens is 190 g/mol. The van der Waals surface area contributed by atoms with Crippen molar-refractivity contribution in [2.75, 3.05) is 40.3 Å². The number of hydrogen-bond acceptors (Lipinski definition) is 3. The number of nitrogens with one attached hydrogen (secondary N) is 1. The van der Waals surface area contributed by atoms with Gasteiger partial charge in [0, 0.05) is 18.6 Å². The van der Waals surface area contributed by atoms with Crippen LogP contribution in [0.25, 0.3) is 0 Å². The molecule has 4 heteroatoms. The monoisotopic (exact) mass is 213 g/mol. The highest BCUT2D eigenvalue weighted by Crippen LogP contribution is 2.16. The van der Waals surface area contributed by atoms with Crippen molar-refractivity contribution < 1.29 is 4.79 Å². The summed E-state index contributed by atoms with van der Waals surface area (Å²) in [5.41, 5.74) is 0.0974. The normalized spacial score (nSPS) is 21.8. The fraction of sp³-hybridized carbons (Fsp3) is 0.909. The second-order valence-electron chi connectivity index (χ2n) is 5.17. The fourth-order valence-electron chi connectivity index (χ4n) is 1.83. The highest BCUT2D eigenvalue weighted by Gasteiger charge is 2.32. The fourth-order valence-corrected chi connectivity index (χ4v) is 1.83. The molecule has 0 aliphatic carbocycles. The van der Waals surface area contributed by atoms with E-state index in [4.69, 9.17) is 0 Å². The third-order valence-electron chi connectivity index (χ3n) is 2.94. The average molecular weight is 213 g/mol. The lowest BCUT2D eigenvalue weighted by Crippen LogP contribution is -2.60. The number of piperazine rings is 1. The van der Waals surface area contributed by atoms with Gasteiger partial charge in [0.1, 0.15) is 0 Å². The first-order valence-corrected chi connectivity index (χ1v) is 5.58. The van der Waals surface area contributed by atoms with Crippen molar-refractivity contribution >= 4 is 5.91 Å². The van der Waals surface area contributed by atoms with Crippen molar-refractivity contribution in [1.29, 1.82) is 0 Å². The summed E-state index contributed by atoms with van der Waals surface area (Å²) in [7, 11) is 4.15. The molecule has 0 aromatic heterocycles. The van der Waals surface area contributed by atoms with Gasteiger partial charge in [-0.05, 0) is 40.9 Å². The minimum atomic E-state index is 0.0974. The van der Waals surface area contributed by atoms with E-state index in [0.717, 1.165) is 26.1 Å². The van der Waals surface area contributed by atoms with Crippen LogP contribution in [-0.2, 0) is 4.79 Å². The lowest BCUT2D eigenvalue weighted by Gasteiger charge is -2.42. The van der Waals surface area contributed by atoms with Crippen molar-refractivity contribution in [3.05, 3.63) is 0 Å². The molecule has 1 N–H and O–H groups in total. The summed E-state index contributed by atoms with van der Waals surface area (Å²) in [5.74, 6) is 0.152. The molecule has 0 unspecified atom stereocenters. The van der Waals surface area contributed by atoms with Gasteiger partial charge in [-0.15, -0.1) is 0 Å². The molecule has 4 nitrogen and oxygen atoms in total. The highest BCUT2D eigenvalue weighted by atomic mass is 16.2. The van der Waals surface area contributed by atoms with Gasteiger partial charge < -0.3 is 10.2 Å². The Balaban J connectivity index is 2.39. The molecule has 0 aromatic rings. The number of nitrogens with zero attached hydrogens (tertiary/aromatic N) is 2. The van der Waals surface area contributed by atoms with Crippen molar-refractivity contribution in [2.45, 2.75) is 25.8 Å². The molecule has 0 radical (unpaired) electrons. The molecule has 1 fully saturated rings. The predicted octanol–water partition coefficient (Wildman–Crippen LogP) is 0.149. The van der Waals surface area contributed by atoms with Gasteiger partial charge in [0.25, 0.3) is 0 Å². The summed E-state index contributed by atoms with van der Waals surface area (Å²) >= 11 is 0. The van der Waals surface area contributed by atoms with Gasteiger partial charge in [0.2, 0.25) is 5.91 Å². The Labute approximate surface area is 92.6 Å². The van der Waals surface area contributed by atoms with Crippen LogP contribution in [-0.4, -0.2) is 61.5 Å². The second kappa shape index (κ2) is 4.94. The summed E-state index contributed by atoms with van der Waals surface area (Å²) in [6.45, 7) is 7.74. The van der Waals surface area contributed by atoms with Gasteiger partial charge in [-0.2, -0.15) is 0 Å². The second-order valence-corrected chi connectivity index (χ2v) is 5.17. The van der Waals surface area contributed by atoms with Crippen molar-refractivity contribution in [3.63, 3.8) is 0 Å². The number of hydrogen-bond donors (Lipinski definition) is 1. The Morgan fingerprint density at radius 3 is 2.73 bits per heavy atom. The molecular formula is C11H23N3O. The average Bonchev–Trinajstić information content (AvgIpc) is 2.11. The first-order valence-electron chi connectivity index (χ1n) is 5.58. The van der Waals surface area contributed by atoms with Gasteiger partial charge >= 0.3 is 0 Å². The molecule has 1 aliphatic heterocycles. The van der Waals surface area contributed by atoms with Crippen molar-refractivity contribution in [3.8, 4) is 0 Å². The SMILES string of the molecule is CN(C)CCCN1CC(=O)NCC1(C)C. The molecule has 0 aromatic carbocycles. The minimum absolute atomic E-state index is 0.0974. The number of carbonyl (C=O) groups excluding carboxylic acids is 1. The third-order valence-corrected chi connectivity index (χ3v) is 2.94. The molecule has 0 bridgehead atoms. The molecule has 1 heterocycles. The van der Waals surface area contributed by atoms with Crippen LogP contribution in [0.15, 0.2) is 0 Å². The van der Waals surface area contributed by atoms with E-state index >= 15 is 0 Å². The van der Waals surface area contributed by atoms with E-state index in [1.165, 1.54) is 0 Å². The maximum Gasteiger partial charge on any atom is 0.234 e. The van der Waals surface area contributed by atoms with E-state index in [-0.39, 0.29) is 11.4 Å². The van der Waals surface area contributed by atoms with Crippen LogP contribution in [0.5, 0.6) is 0 Å². The van der Waals surface area contributed by atoms with Gasteiger partial charge in [-0.25, -0.2) is 0 Å². The van der Waals surface area contributed by atoms with Gasteiger partial charge in [0.15, 0.2) is 0 Å². The maximum atomic E-state index is 11.3. The van der Waals surface area contributed by atoms with Gasteiger partial charge in [-0.1, -0.05) is 0 Å². The number of amides is 1. The Morgan fingerprint density at radius 1 is 1.47 bits per heavy atom. The summed E-state index contributed by atoms with van der Waals surface area (Å²) in [6, 6.07) is 0. The van der Waals surface area contributed by atoms with E-state index < -0.39 is 0 Å². The van der Waals surface area contributed by atoms with Crippen LogP contribution in [0.3, 0.4) is 0 Å². The standard InChI is InChI=1S/C11H23N3O/c1-11(2)9-12-10(15)8-14(11)7-5-6-13(3)4/h5-9H2,1-4H3,(H,12,15). The minimum Gasteiger partial charge on any atom is -0.353 e. The van der Waals surface area contributed by atoms with Crippen molar-refractivity contribution in [2.24, 2.45) is 0 Å². The Bertz CT molecular complexity index is 226. The zero-order chi connectivity index (χ0) is 11.5. The summed E-state index contributed by atoms with van der Waals surface area (Å²) in [6.07, 6.45) is 1.11. The Kier molecular flexibility index (Phi) is 4.11. The molecule has 1 rings (SSSR count). The van der Waals surface area contributed by atoms with Crippen LogP contribution < -0.4 is 5.32 Å². The summed E-state index contributed by atoms with van der Waals surface area (Å²) in [4.78, 5) is 15.7. The van der Waals surface area contributed by atoms with Crippen LogP contribution >= 0.6 is 0 Å². The molecule has 1 aliphatic rings. The largest absolute Gasteiger partial charge is 0.353 e. The van der Waals surface area contributed by atoms with E-state index in [1.807, 2.05) is 0 Å². The number of rotatable bonds is 4. The molecule has 1 amide bonds. The lowest BCUT2D eigenvalue weighted by atomic mass is 10.00. The first-order chi connectivity index (χ1) is 6.92. The van der Waals surface area contributed by atoms with Crippen LogP contribution in [0.2, 0.25) is 0 Å². The Morgan fingerprint density at radius 2 is 2.13 bits per heavy atom. The van der Waals surface area contributed by atoms with Gasteiger partial charge in [0.05, 0.1) is 6.54 Å². The molecule has 0 spiro atoms. The van der Waals surface area contributed by atoms with Crippen LogP contribution in [0.1, 0.15) is 20.3 Å². The van der Waals surface area contributed by atoms with E-state index in [0.29, 0.717) is 6.54 Å². The van der Waals surface area contributed by atoms with E-state index in [1.54, 1.807) is 0 Å². The smallest absolute Gasteiger partial charge is 0.234 e. The lowest BCUT2D eigenvalue weighted by molar-refractivity contribution is -0.127. The topological polar surface area (TPSA) is 35.6 Å². The van der Waals surface area contributed by atoms with Crippen LogP contribution in [0, 0.1) is 0 Å². The zero-order valence-corrected chi connectivity index (χ0v) is 10.3. The Hall–Kier alpha value is -0.610. The zero-order valence-electron chi connectivity index (χ0n) is 10.3. The summed E-state index contributed by atoms with van der Waals surface area (Å²) in [5, 5.41) is 2.91. The number of carbonyl (C=O) groups is 1. The summed E-state index contributed by atoms with van der Waals surface area (Å²) < 4.78 is 0. The molecule has 15 heavy (non-hydrogen) atoms. The maximum absolute atomic E-state index is 11.3. The van der Waals surface area contributed by atoms with E-state index in [2.05, 4.69) is 43.1 Å². The van der Waals surface area contributed by atoms with Gasteiger partial charge in [-0.3, -0.25) is 9.69 Å². The van der Waals surface area contributed by atoms with E-state index in [9.17, 15) is 4.79 Å². The highest BCUT2D eigenvalue weighted by molar-refractivity contribution is 5.79. The first kappa shape index (κ1) is 12.5. The quantitative estimate of drug-likeness (QED) is 0.722. The molecule has 0 saturated carbocycles. The molecule has 1 saturated heterocycles.